The molecule has 0 radical (unpaired) electrons. The largest absolute Gasteiger partial charge is 0.352 e. The third kappa shape index (κ3) is 3.57. The molecule has 0 bridgehead atoms. The van der Waals surface area contributed by atoms with Crippen molar-refractivity contribution in [3.8, 4) is 0 Å². The summed E-state index contributed by atoms with van der Waals surface area (Å²) in [6.07, 6.45) is 3.94. The SMILES string of the molecule is CCCCCC(=O)NCc1ccc2c(c1)CNC2. The van der Waals surface area contributed by atoms with Gasteiger partial charge in [0.2, 0.25) is 5.91 Å². The minimum Gasteiger partial charge on any atom is -0.352 e. The van der Waals surface area contributed by atoms with Gasteiger partial charge in [0, 0.05) is 26.1 Å². The lowest BCUT2D eigenvalue weighted by molar-refractivity contribution is -0.121. The number of carbonyl (C=O) groups excluding carboxylic acids is 1. The van der Waals surface area contributed by atoms with Gasteiger partial charge in [-0.2, -0.15) is 0 Å². The summed E-state index contributed by atoms with van der Waals surface area (Å²) >= 11 is 0. The normalized spacial score (nSPS) is 13.4. The Hall–Kier alpha value is -1.35. The van der Waals surface area contributed by atoms with E-state index < -0.39 is 0 Å². The minimum atomic E-state index is 0.169. The van der Waals surface area contributed by atoms with Crippen LogP contribution in [0.15, 0.2) is 18.2 Å². The first-order chi connectivity index (χ1) is 8.79. The minimum absolute atomic E-state index is 0.169. The van der Waals surface area contributed by atoms with Crippen LogP contribution in [0.25, 0.3) is 0 Å². The van der Waals surface area contributed by atoms with E-state index in [0.717, 1.165) is 32.4 Å². The Bertz CT molecular complexity index is 415. The molecule has 18 heavy (non-hydrogen) atoms. The van der Waals surface area contributed by atoms with Gasteiger partial charge in [-0.1, -0.05) is 38.0 Å². The molecule has 1 aliphatic heterocycles. The van der Waals surface area contributed by atoms with E-state index in [1.54, 1.807) is 0 Å². The number of amides is 1. The lowest BCUT2D eigenvalue weighted by Crippen LogP contribution is -2.22. The van der Waals surface area contributed by atoms with Crippen LogP contribution in [-0.4, -0.2) is 5.91 Å². The zero-order valence-corrected chi connectivity index (χ0v) is 11.1. The summed E-state index contributed by atoms with van der Waals surface area (Å²) in [5.74, 6) is 0.169. The van der Waals surface area contributed by atoms with Gasteiger partial charge in [-0.25, -0.2) is 0 Å². The van der Waals surface area contributed by atoms with Crippen molar-refractivity contribution in [2.45, 2.75) is 52.2 Å². The number of carbonyl (C=O) groups is 1. The van der Waals surface area contributed by atoms with Crippen molar-refractivity contribution in [3.05, 3.63) is 34.9 Å². The maximum atomic E-state index is 11.6. The van der Waals surface area contributed by atoms with Crippen molar-refractivity contribution in [1.82, 2.24) is 10.6 Å². The fraction of sp³-hybridized carbons (Fsp3) is 0.533. The molecular formula is C15H22N2O. The summed E-state index contributed by atoms with van der Waals surface area (Å²) in [4.78, 5) is 11.6. The van der Waals surface area contributed by atoms with Gasteiger partial charge in [-0.3, -0.25) is 4.79 Å². The van der Waals surface area contributed by atoms with Gasteiger partial charge in [0.15, 0.2) is 0 Å². The number of hydrogen-bond donors (Lipinski definition) is 2. The van der Waals surface area contributed by atoms with Crippen LogP contribution in [0.5, 0.6) is 0 Å². The van der Waals surface area contributed by atoms with Crippen LogP contribution < -0.4 is 10.6 Å². The fourth-order valence-electron chi connectivity index (χ4n) is 2.28. The van der Waals surface area contributed by atoms with Crippen LogP contribution in [0.2, 0.25) is 0 Å². The number of nitrogens with one attached hydrogen (secondary N) is 2. The smallest absolute Gasteiger partial charge is 0.220 e. The highest BCUT2D eigenvalue weighted by atomic mass is 16.1. The van der Waals surface area contributed by atoms with Crippen LogP contribution in [0.1, 0.15) is 49.3 Å². The van der Waals surface area contributed by atoms with Crippen molar-refractivity contribution in [3.63, 3.8) is 0 Å². The zero-order chi connectivity index (χ0) is 12.8. The third-order valence-electron chi connectivity index (χ3n) is 3.40. The van der Waals surface area contributed by atoms with Crippen molar-refractivity contribution in [2.24, 2.45) is 0 Å². The van der Waals surface area contributed by atoms with Crippen LogP contribution in [0, 0.1) is 0 Å². The second-order valence-corrected chi connectivity index (χ2v) is 4.94. The zero-order valence-electron chi connectivity index (χ0n) is 11.1. The summed E-state index contributed by atoms with van der Waals surface area (Å²) in [5, 5.41) is 6.32. The highest BCUT2D eigenvalue weighted by Crippen LogP contribution is 2.16. The monoisotopic (exact) mass is 246 g/mol. The van der Waals surface area contributed by atoms with Gasteiger partial charge in [-0.05, 0) is 23.1 Å². The maximum absolute atomic E-state index is 11.6. The summed E-state index contributed by atoms with van der Waals surface area (Å²) in [6, 6.07) is 6.47. The van der Waals surface area contributed by atoms with Crippen LogP contribution in [0.3, 0.4) is 0 Å². The van der Waals surface area contributed by atoms with Gasteiger partial charge in [0.05, 0.1) is 0 Å². The average Bonchev–Trinajstić information content (AvgIpc) is 2.84. The molecular weight excluding hydrogens is 224 g/mol. The second kappa shape index (κ2) is 6.55. The Morgan fingerprint density at radius 1 is 1.28 bits per heavy atom. The first-order valence-electron chi connectivity index (χ1n) is 6.87. The number of rotatable bonds is 6. The van der Waals surface area contributed by atoms with E-state index in [-0.39, 0.29) is 5.91 Å². The van der Waals surface area contributed by atoms with Crippen molar-refractivity contribution in [2.75, 3.05) is 0 Å². The summed E-state index contributed by atoms with van der Waals surface area (Å²) in [7, 11) is 0. The van der Waals surface area contributed by atoms with E-state index in [1.165, 1.54) is 16.7 Å². The number of unbranched alkanes of at least 4 members (excludes halogenated alkanes) is 2. The summed E-state index contributed by atoms with van der Waals surface area (Å²) in [5.41, 5.74) is 3.95. The van der Waals surface area contributed by atoms with Crippen LogP contribution >= 0.6 is 0 Å². The van der Waals surface area contributed by atoms with Gasteiger partial charge < -0.3 is 10.6 Å². The maximum Gasteiger partial charge on any atom is 0.220 e. The molecule has 1 aromatic carbocycles. The Balaban J connectivity index is 1.78. The highest BCUT2D eigenvalue weighted by Gasteiger charge is 2.10. The molecule has 0 atom stereocenters. The number of hydrogen-bond acceptors (Lipinski definition) is 2. The predicted octanol–water partition coefficient (Wildman–Crippen LogP) is 2.49. The lowest BCUT2D eigenvalue weighted by atomic mass is 10.1. The Morgan fingerprint density at radius 3 is 2.94 bits per heavy atom. The molecule has 0 saturated carbocycles. The quantitative estimate of drug-likeness (QED) is 0.757. The molecule has 0 fully saturated rings. The Kier molecular flexibility index (Phi) is 4.76. The number of fused-ring (bicyclic) bond motifs is 1. The first-order valence-corrected chi connectivity index (χ1v) is 6.87. The molecule has 1 aliphatic rings. The molecule has 1 aromatic rings. The highest BCUT2D eigenvalue weighted by molar-refractivity contribution is 5.75. The molecule has 3 heteroatoms. The Morgan fingerprint density at radius 2 is 2.11 bits per heavy atom. The molecule has 0 spiro atoms. The van der Waals surface area contributed by atoms with Crippen LogP contribution in [-0.2, 0) is 24.4 Å². The fourth-order valence-corrected chi connectivity index (χ4v) is 2.28. The molecule has 0 aliphatic carbocycles. The van der Waals surface area contributed by atoms with Gasteiger partial charge in [0.25, 0.3) is 0 Å². The van der Waals surface area contributed by atoms with E-state index in [4.69, 9.17) is 0 Å². The van der Waals surface area contributed by atoms with Gasteiger partial charge >= 0.3 is 0 Å². The Labute approximate surface area is 109 Å². The molecule has 1 heterocycles. The van der Waals surface area contributed by atoms with Crippen molar-refractivity contribution >= 4 is 5.91 Å². The molecule has 0 saturated heterocycles. The van der Waals surface area contributed by atoms with E-state index in [0.29, 0.717) is 13.0 Å². The molecule has 2 N–H and O–H groups in total. The topological polar surface area (TPSA) is 41.1 Å². The molecule has 98 valence electrons. The summed E-state index contributed by atoms with van der Waals surface area (Å²) < 4.78 is 0. The van der Waals surface area contributed by atoms with Gasteiger partial charge in [-0.15, -0.1) is 0 Å². The first kappa shape index (κ1) is 13.1. The van der Waals surface area contributed by atoms with E-state index in [2.05, 4.69) is 35.8 Å². The lowest BCUT2D eigenvalue weighted by Gasteiger charge is -2.07. The van der Waals surface area contributed by atoms with Gasteiger partial charge in [0.1, 0.15) is 0 Å². The van der Waals surface area contributed by atoms with Crippen molar-refractivity contribution < 1.29 is 4.79 Å². The van der Waals surface area contributed by atoms with Crippen molar-refractivity contribution in [1.29, 1.82) is 0 Å². The second-order valence-electron chi connectivity index (χ2n) is 4.94. The molecule has 2 rings (SSSR count). The predicted molar refractivity (Wildman–Crippen MR) is 73.0 cm³/mol. The summed E-state index contributed by atoms with van der Waals surface area (Å²) in [6.45, 7) is 4.72. The van der Waals surface area contributed by atoms with E-state index in [9.17, 15) is 4.79 Å². The van der Waals surface area contributed by atoms with E-state index in [1.807, 2.05) is 0 Å². The molecule has 0 aromatic heterocycles. The molecule has 0 unspecified atom stereocenters. The average molecular weight is 246 g/mol. The molecule has 3 nitrogen and oxygen atoms in total. The standard InChI is InChI=1S/C15H22N2O/c1-2-3-4-5-15(18)17-9-12-6-7-13-10-16-11-14(13)8-12/h6-8,16H,2-5,9-11H2,1H3,(H,17,18). The third-order valence-corrected chi connectivity index (χ3v) is 3.40. The van der Waals surface area contributed by atoms with E-state index >= 15 is 0 Å². The number of benzene rings is 1. The molecule has 1 amide bonds. The van der Waals surface area contributed by atoms with Crippen LogP contribution in [0.4, 0.5) is 0 Å².